The van der Waals surface area contributed by atoms with Crippen LogP contribution in [0.25, 0.3) is 0 Å². The van der Waals surface area contributed by atoms with E-state index in [1.165, 1.54) is 127 Å². The highest BCUT2D eigenvalue weighted by Gasteiger charge is 2.65. The van der Waals surface area contributed by atoms with E-state index in [0.29, 0.717) is 65.3 Å². The van der Waals surface area contributed by atoms with Crippen LogP contribution in [0.15, 0.2) is 23.1 Å². The summed E-state index contributed by atoms with van der Waals surface area (Å²) < 4.78 is 13.5. The number of piperidine rings is 2. The monoisotopic (exact) mass is 911 g/mol. The van der Waals surface area contributed by atoms with Crippen LogP contribution < -0.4 is 0 Å². The lowest BCUT2D eigenvalue weighted by Gasteiger charge is -2.64. The second-order valence-electron chi connectivity index (χ2n) is 27.1. The normalized spacial score (nSPS) is 42.7. The first-order chi connectivity index (χ1) is 31.3. The number of rotatable bonds is 14. The molecule has 2 amide bonds. The summed E-state index contributed by atoms with van der Waals surface area (Å²) in [6.45, 7) is 24.9. The van der Waals surface area contributed by atoms with E-state index in [-0.39, 0.29) is 16.7 Å². The largest absolute Gasteiger partial charge is 0.490 e. The van der Waals surface area contributed by atoms with E-state index >= 15 is 0 Å². The number of amides is 2. The minimum atomic E-state index is 0.0801. The van der Waals surface area contributed by atoms with Crippen molar-refractivity contribution in [2.45, 2.75) is 241 Å². The van der Waals surface area contributed by atoms with Crippen LogP contribution >= 0.6 is 0 Å². The number of carbonyl (C=O) groups excluding carboxylic acids is 2. The maximum absolute atomic E-state index is 12.7. The molecule has 10 aliphatic rings. The second kappa shape index (κ2) is 18.7. The Morgan fingerprint density at radius 2 is 1.21 bits per heavy atom. The van der Waals surface area contributed by atoms with E-state index in [4.69, 9.17) is 9.47 Å². The lowest BCUT2D eigenvalue weighted by molar-refractivity contribution is -0.193. The summed E-state index contributed by atoms with van der Waals surface area (Å²) in [5.74, 6) is 10.3. The molecule has 6 heteroatoms. The number of allylic oxidation sites excluding steroid dienone is 3. The highest BCUT2D eigenvalue weighted by atomic mass is 16.5. The Labute approximate surface area is 404 Å². The highest BCUT2D eigenvalue weighted by molar-refractivity contribution is 5.80. The zero-order chi connectivity index (χ0) is 47.1. The summed E-state index contributed by atoms with van der Waals surface area (Å²) in [5, 5.41) is 0. The van der Waals surface area contributed by atoms with Crippen LogP contribution in [0.5, 0.6) is 0 Å². The average Bonchev–Trinajstić information content (AvgIpc) is 4.20. The van der Waals surface area contributed by atoms with Crippen LogP contribution in [-0.4, -0.2) is 60.1 Å². The van der Waals surface area contributed by atoms with Crippen LogP contribution in [0.1, 0.15) is 217 Å². The Hall–Kier alpha value is -1.82. The molecule has 0 aromatic carbocycles. The summed E-state index contributed by atoms with van der Waals surface area (Å²) in [7, 11) is 4.07. The molecule has 9 fully saturated rings. The molecule has 0 aromatic heterocycles. The molecule has 0 N–H and O–H groups in total. The zero-order valence-electron chi connectivity index (χ0n) is 44.5. The summed E-state index contributed by atoms with van der Waals surface area (Å²) >= 11 is 0. The number of fused-ring (bicyclic) bond motifs is 10. The number of likely N-dealkylation sites (tertiary alicyclic amines) is 2. The maximum Gasteiger partial charge on any atom is 0.226 e. The van der Waals surface area contributed by atoms with Crippen LogP contribution in [0.2, 0.25) is 0 Å². The van der Waals surface area contributed by atoms with Gasteiger partial charge in [-0.25, -0.2) is 0 Å². The van der Waals surface area contributed by atoms with Gasteiger partial charge >= 0.3 is 0 Å². The van der Waals surface area contributed by atoms with Gasteiger partial charge in [0.2, 0.25) is 11.8 Å². The molecular weight excluding hydrogens is 813 g/mol. The summed E-state index contributed by atoms with van der Waals surface area (Å²) in [4.78, 5) is 29.3. The molecule has 8 aliphatic carbocycles. The van der Waals surface area contributed by atoms with E-state index in [2.05, 4.69) is 87.3 Å². The van der Waals surface area contributed by atoms with Gasteiger partial charge in [-0.05, 0) is 183 Å². The third-order valence-corrected chi connectivity index (χ3v) is 22.2. The van der Waals surface area contributed by atoms with E-state index in [1.807, 2.05) is 11.9 Å². The number of hydrogen-bond acceptors (Lipinski definition) is 4. The molecular formula is C60H98N2O4. The number of ether oxygens (including phenoxy) is 2. The van der Waals surface area contributed by atoms with Crippen molar-refractivity contribution < 1.29 is 19.1 Å². The van der Waals surface area contributed by atoms with Gasteiger partial charge in [-0.2, -0.15) is 0 Å². The molecule has 10 rings (SSSR count). The predicted molar refractivity (Wildman–Crippen MR) is 269 cm³/mol. The highest BCUT2D eigenvalue weighted by Crippen LogP contribution is 2.69. The minimum Gasteiger partial charge on any atom is -0.490 e. The van der Waals surface area contributed by atoms with Gasteiger partial charge in [-0.3, -0.25) is 9.59 Å². The Morgan fingerprint density at radius 3 is 1.85 bits per heavy atom. The van der Waals surface area contributed by atoms with Crippen molar-refractivity contribution in [3.8, 4) is 0 Å². The predicted octanol–water partition coefficient (Wildman–Crippen LogP) is 14.6. The zero-order valence-corrected chi connectivity index (χ0v) is 44.5. The van der Waals surface area contributed by atoms with Crippen molar-refractivity contribution in [1.29, 1.82) is 0 Å². The number of carbonyl (C=O) groups is 2. The third kappa shape index (κ3) is 8.85. The van der Waals surface area contributed by atoms with Gasteiger partial charge in [-0.1, -0.05) is 108 Å². The number of nitrogens with zero attached hydrogens (tertiary/aromatic N) is 2. The first-order valence-electron chi connectivity index (χ1n) is 28.6. The van der Waals surface area contributed by atoms with Crippen molar-refractivity contribution in [3.63, 3.8) is 0 Å². The van der Waals surface area contributed by atoms with Crippen LogP contribution in [-0.2, 0) is 19.1 Å². The second-order valence-corrected chi connectivity index (χ2v) is 27.1. The van der Waals surface area contributed by atoms with Crippen molar-refractivity contribution in [2.75, 3.05) is 14.1 Å². The van der Waals surface area contributed by atoms with E-state index in [0.717, 1.165) is 73.0 Å². The van der Waals surface area contributed by atoms with Crippen molar-refractivity contribution >= 4 is 11.8 Å². The average molecular weight is 911 g/mol. The fraction of sp³-hybridized carbons (Fsp3) is 0.900. The van der Waals surface area contributed by atoms with Gasteiger partial charge < -0.3 is 19.3 Å². The van der Waals surface area contributed by atoms with Gasteiger partial charge in [0.05, 0.1) is 18.3 Å². The first kappa shape index (κ1) is 49.2. The smallest absolute Gasteiger partial charge is 0.226 e. The SMILES string of the molecule is CC(C)CCC[C@@H](C)[C@H]1CC[C@H]2C3=C(OC4CC4)C=C4N(C)C(=O)CC[C@]4(C)[C@H]3CC[C@]12C.CC(C)CCC[C@@H](C)[C@H]1CC[C@H]2[C@@H]3C(OC4CC4)C[C@H]4N(C)C(=O)CC[C@]4(C)[C@H]3CC[C@]12C. The van der Waals surface area contributed by atoms with E-state index < -0.39 is 0 Å². The molecule has 0 spiro atoms. The Balaban J connectivity index is 0.000000166. The molecule has 2 aliphatic heterocycles. The first-order valence-corrected chi connectivity index (χ1v) is 28.6. The van der Waals surface area contributed by atoms with Gasteiger partial charge in [0, 0.05) is 50.2 Å². The summed E-state index contributed by atoms with van der Waals surface area (Å²) in [5.41, 5.74) is 4.13. The molecule has 6 nitrogen and oxygen atoms in total. The Morgan fingerprint density at radius 1 is 0.621 bits per heavy atom. The van der Waals surface area contributed by atoms with Crippen LogP contribution in [0.4, 0.5) is 0 Å². The maximum atomic E-state index is 12.7. The van der Waals surface area contributed by atoms with Crippen molar-refractivity contribution in [3.05, 3.63) is 23.1 Å². The summed E-state index contributed by atoms with van der Waals surface area (Å²) in [6.07, 6.45) is 32.3. The van der Waals surface area contributed by atoms with Gasteiger partial charge in [0.15, 0.2) is 0 Å². The topological polar surface area (TPSA) is 59.1 Å². The summed E-state index contributed by atoms with van der Waals surface area (Å²) in [6, 6.07) is 0.375. The van der Waals surface area contributed by atoms with E-state index in [9.17, 15) is 9.59 Å². The fourth-order valence-electron chi connectivity index (χ4n) is 18.1. The van der Waals surface area contributed by atoms with Crippen molar-refractivity contribution in [1.82, 2.24) is 9.80 Å². The molecule has 1 unspecified atom stereocenters. The number of hydrogen-bond donors (Lipinski definition) is 0. The molecule has 66 heavy (non-hydrogen) atoms. The lowest BCUT2D eigenvalue weighted by atomic mass is 9.45. The van der Waals surface area contributed by atoms with Crippen LogP contribution in [0.3, 0.4) is 0 Å². The fourth-order valence-corrected chi connectivity index (χ4v) is 18.1. The molecule has 15 atom stereocenters. The van der Waals surface area contributed by atoms with E-state index in [1.54, 1.807) is 5.57 Å². The van der Waals surface area contributed by atoms with Gasteiger partial charge in [-0.15, -0.1) is 0 Å². The molecule has 0 bridgehead atoms. The molecule has 7 saturated carbocycles. The quantitative estimate of drug-likeness (QED) is 0.174. The minimum absolute atomic E-state index is 0.0801. The Kier molecular flexibility index (Phi) is 14.0. The third-order valence-electron chi connectivity index (χ3n) is 22.2. The molecule has 2 saturated heterocycles. The standard InChI is InChI=1S/C30H51NO2.C30H47NO2/c2*1-19(2)8-7-9-20(3)22-12-13-23-28-24(14-16-29(22,23)4)30(5)17-15-27(32)31(6)26(30)18-25(28)33-21-10-11-21/h19-26,28H,7-18H2,1-6H3;18-24H,7-17H2,1-6H3/t20-,22-,23+,24+,25?,26-,28+,29-,30-;20-,22-,23+,24+,29-,30-/m11/s1. The molecule has 0 radical (unpaired) electrons. The molecule has 2 heterocycles. The van der Waals surface area contributed by atoms with Crippen molar-refractivity contribution in [2.24, 2.45) is 86.8 Å². The van der Waals surface area contributed by atoms with Gasteiger partial charge in [0.1, 0.15) is 5.76 Å². The molecule has 372 valence electrons. The van der Waals surface area contributed by atoms with Gasteiger partial charge in [0.25, 0.3) is 0 Å². The molecule has 0 aromatic rings. The van der Waals surface area contributed by atoms with Crippen LogP contribution in [0, 0.1) is 86.8 Å². The Bertz CT molecular complexity index is 1840. The lowest BCUT2D eigenvalue weighted by Crippen LogP contribution is -2.65.